The van der Waals surface area contributed by atoms with Crippen LogP contribution in [0, 0.1) is 5.92 Å². The summed E-state index contributed by atoms with van der Waals surface area (Å²) in [4.78, 5) is 13.6. The largest absolute Gasteiger partial charge is 0.507 e. The summed E-state index contributed by atoms with van der Waals surface area (Å²) in [5, 5.41) is 112. The summed E-state index contributed by atoms with van der Waals surface area (Å²) < 4.78 is 16.4. The zero-order chi connectivity index (χ0) is 29.9. The van der Waals surface area contributed by atoms with Gasteiger partial charge < -0.3 is 70.1 Å². The highest BCUT2D eigenvalue weighted by molar-refractivity contribution is 5.96. The van der Waals surface area contributed by atoms with Crippen molar-refractivity contribution in [3.05, 3.63) is 34.0 Å². The molecule has 10 atom stereocenters. The van der Waals surface area contributed by atoms with Gasteiger partial charge in [0.2, 0.25) is 11.7 Å². The van der Waals surface area contributed by atoms with Gasteiger partial charge in [-0.1, -0.05) is 0 Å². The topological polar surface area (TPSA) is 271 Å². The van der Waals surface area contributed by atoms with Gasteiger partial charge in [0.1, 0.15) is 58.6 Å². The van der Waals surface area contributed by atoms with E-state index in [9.17, 15) is 61.0 Å². The molecule has 15 heteroatoms. The molecule has 1 aromatic heterocycles. The molecule has 224 valence electrons. The van der Waals surface area contributed by atoms with E-state index in [1.807, 2.05) is 0 Å². The van der Waals surface area contributed by atoms with E-state index >= 15 is 0 Å². The van der Waals surface area contributed by atoms with E-state index in [-0.39, 0.29) is 28.5 Å². The average Bonchev–Trinajstić information content (AvgIpc) is 2.93. The number of benzene rings is 2. The number of ether oxygens (including phenoxy) is 2. The summed E-state index contributed by atoms with van der Waals surface area (Å²) in [5.74, 6) is -4.54. The number of phenolic OH excluding ortho intramolecular Hbond substituents is 3. The lowest BCUT2D eigenvalue weighted by Crippen LogP contribution is -2.60. The summed E-state index contributed by atoms with van der Waals surface area (Å²) in [6.45, 7) is -1.30. The number of aliphatic hydroxyl groups excluding tert-OH is 8. The van der Waals surface area contributed by atoms with Crippen molar-refractivity contribution in [3.8, 4) is 23.0 Å². The number of aromatic hydroxyl groups is 3. The first kappa shape index (κ1) is 29.2. The lowest BCUT2D eigenvalue weighted by atomic mass is 9.72. The second-order valence-electron chi connectivity index (χ2n) is 10.4. The van der Waals surface area contributed by atoms with E-state index in [4.69, 9.17) is 13.9 Å². The van der Waals surface area contributed by atoms with Gasteiger partial charge in [-0.15, -0.1) is 0 Å². The molecule has 11 N–H and O–H groups in total. The maximum absolute atomic E-state index is 13.6. The van der Waals surface area contributed by atoms with Crippen LogP contribution in [0.25, 0.3) is 21.9 Å². The zero-order valence-electron chi connectivity index (χ0n) is 21.2. The molecule has 1 saturated carbocycles. The highest BCUT2D eigenvalue weighted by Gasteiger charge is 2.46. The summed E-state index contributed by atoms with van der Waals surface area (Å²) in [6.07, 6.45) is -13.3. The van der Waals surface area contributed by atoms with Crippen LogP contribution in [0.4, 0.5) is 0 Å². The van der Waals surface area contributed by atoms with Crippen molar-refractivity contribution in [1.82, 2.24) is 0 Å². The zero-order valence-corrected chi connectivity index (χ0v) is 21.2. The predicted molar refractivity (Wildman–Crippen MR) is 135 cm³/mol. The van der Waals surface area contributed by atoms with E-state index in [2.05, 4.69) is 0 Å². The fraction of sp³-hybridized carbons (Fsp3) is 0.500. The van der Waals surface area contributed by atoms with E-state index in [0.717, 1.165) is 18.2 Å². The van der Waals surface area contributed by atoms with Gasteiger partial charge in [-0.3, -0.25) is 4.79 Å². The molecule has 1 aliphatic carbocycles. The monoisotopic (exact) mass is 582 g/mol. The molecule has 3 aromatic rings. The smallest absolute Gasteiger partial charge is 0.229 e. The quantitative estimate of drug-likeness (QED) is 0.138. The van der Waals surface area contributed by atoms with Crippen LogP contribution in [0.15, 0.2) is 27.4 Å². The lowest BCUT2D eigenvalue weighted by molar-refractivity contribution is -0.277. The Morgan fingerprint density at radius 1 is 0.780 bits per heavy atom. The Kier molecular flexibility index (Phi) is 7.75. The van der Waals surface area contributed by atoms with E-state index in [1.54, 1.807) is 0 Å². The predicted octanol–water partition coefficient (Wildman–Crippen LogP) is -2.58. The van der Waals surface area contributed by atoms with Crippen molar-refractivity contribution >= 4 is 21.9 Å². The second kappa shape index (κ2) is 10.9. The molecule has 0 radical (unpaired) electrons. The third kappa shape index (κ3) is 4.74. The molecule has 15 nitrogen and oxygen atoms in total. The molecule has 1 aliphatic heterocycles. The number of hydrogen-bond acceptors (Lipinski definition) is 15. The van der Waals surface area contributed by atoms with Crippen LogP contribution in [-0.4, -0.2) is 118 Å². The van der Waals surface area contributed by atoms with Crippen LogP contribution in [0.5, 0.6) is 23.0 Å². The summed E-state index contributed by atoms with van der Waals surface area (Å²) >= 11 is 0. The minimum atomic E-state index is -1.82. The van der Waals surface area contributed by atoms with Crippen LogP contribution in [0.1, 0.15) is 17.9 Å². The van der Waals surface area contributed by atoms with Crippen molar-refractivity contribution in [3.63, 3.8) is 0 Å². The number of hydrogen-bond donors (Lipinski definition) is 11. The van der Waals surface area contributed by atoms with Gasteiger partial charge in [-0.05, 0) is 12.5 Å². The maximum atomic E-state index is 13.6. The maximum Gasteiger partial charge on any atom is 0.229 e. The summed E-state index contributed by atoms with van der Waals surface area (Å²) in [7, 11) is 0. The molecule has 2 aliphatic rings. The van der Waals surface area contributed by atoms with Gasteiger partial charge >= 0.3 is 0 Å². The first-order chi connectivity index (χ1) is 19.4. The number of phenols is 3. The molecule has 1 saturated heterocycles. The van der Waals surface area contributed by atoms with Crippen LogP contribution < -0.4 is 10.2 Å². The second-order valence-corrected chi connectivity index (χ2v) is 10.4. The van der Waals surface area contributed by atoms with E-state index in [0.29, 0.717) is 0 Å². The van der Waals surface area contributed by atoms with E-state index in [1.165, 1.54) is 0 Å². The van der Waals surface area contributed by atoms with Crippen LogP contribution in [0.2, 0.25) is 0 Å². The van der Waals surface area contributed by atoms with Crippen molar-refractivity contribution in [2.45, 2.75) is 61.4 Å². The molecule has 2 unspecified atom stereocenters. The molecular weight excluding hydrogens is 552 g/mol. The Bertz CT molecular complexity index is 1500. The molecule has 0 bridgehead atoms. The van der Waals surface area contributed by atoms with Gasteiger partial charge in [-0.25, -0.2) is 0 Å². The van der Waals surface area contributed by atoms with Crippen LogP contribution in [0.3, 0.4) is 0 Å². The van der Waals surface area contributed by atoms with Gasteiger partial charge in [0.25, 0.3) is 0 Å². The Labute approximate surface area is 229 Å². The molecule has 41 heavy (non-hydrogen) atoms. The highest BCUT2D eigenvalue weighted by Crippen LogP contribution is 2.47. The Hall–Kier alpha value is -3.25. The highest BCUT2D eigenvalue weighted by atomic mass is 16.7. The van der Waals surface area contributed by atoms with Crippen molar-refractivity contribution in [1.29, 1.82) is 0 Å². The van der Waals surface area contributed by atoms with Crippen LogP contribution in [-0.2, 0) is 4.74 Å². The Morgan fingerprint density at radius 2 is 1.44 bits per heavy atom. The molecule has 0 amide bonds. The normalized spacial score (nSPS) is 34.2. The van der Waals surface area contributed by atoms with Gasteiger partial charge in [0, 0.05) is 36.1 Å². The molecular formula is C26H30O15. The van der Waals surface area contributed by atoms with Crippen LogP contribution >= 0.6 is 0 Å². The summed E-state index contributed by atoms with van der Waals surface area (Å²) in [5.41, 5.74) is -1.70. The third-order valence-corrected chi connectivity index (χ3v) is 7.88. The fourth-order valence-electron chi connectivity index (χ4n) is 5.56. The average molecular weight is 583 g/mol. The minimum Gasteiger partial charge on any atom is -0.507 e. The standard InChI is InChI=1S/C26H30O15/c27-5-7-1-9(20(33)23(36)18(7)31)16-11(30)4-14-17(22(16)35)19(32)8-2-13(10(29)3-12(8)39-14)40-26-25(38)24(37)21(34)15(6-28)41-26/h2-4,7,9,15,18,20-21,23-31,33-38H,1,5-6H2/t7-,9?,15-,18-,20+,21-,23+,24+,25-,26?/m1/s1. The number of rotatable bonds is 5. The first-order valence-corrected chi connectivity index (χ1v) is 12.7. The van der Waals surface area contributed by atoms with E-state index < -0.39 is 108 Å². The van der Waals surface area contributed by atoms with Crippen molar-refractivity contribution < 1.29 is 70.1 Å². The molecule has 2 heterocycles. The Morgan fingerprint density at radius 3 is 2.10 bits per heavy atom. The fourth-order valence-corrected chi connectivity index (χ4v) is 5.56. The molecule has 2 aromatic carbocycles. The SMILES string of the molecule is O=c1c2cc(OC3O[C@H](CO)[C@@H](O)[C@H](O)[C@H]3O)c(O)cc2oc2cc(O)c(C3C[C@H](CO)[C@@H](O)[C@H](O)[C@H]3O)c(O)c12. The Balaban J connectivity index is 1.60. The third-order valence-electron chi connectivity index (χ3n) is 7.88. The van der Waals surface area contributed by atoms with Gasteiger partial charge in [0.15, 0.2) is 11.5 Å². The first-order valence-electron chi connectivity index (χ1n) is 12.7. The van der Waals surface area contributed by atoms with Crippen molar-refractivity contribution in [2.24, 2.45) is 5.92 Å². The molecule has 5 rings (SSSR count). The minimum absolute atomic E-state index is 0.160. The number of fused-ring (bicyclic) bond motifs is 2. The molecule has 0 spiro atoms. The molecule has 2 fully saturated rings. The van der Waals surface area contributed by atoms with Crippen molar-refractivity contribution in [2.75, 3.05) is 13.2 Å². The summed E-state index contributed by atoms with van der Waals surface area (Å²) in [6, 6.07) is 2.98. The van der Waals surface area contributed by atoms with Gasteiger partial charge in [-0.2, -0.15) is 0 Å². The van der Waals surface area contributed by atoms with Gasteiger partial charge in [0.05, 0.1) is 24.2 Å². The number of aliphatic hydroxyl groups is 8. The lowest BCUT2D eigenvalue weighted by Gasteiger charge is -2.40.